The molecule has 3 nitrogen and oxygen atoms in total. The number of hydrogen-bond acceptors (Lipinski definition) is 2. The molecule has 0 aromatic rings. The van der Waals surface area contributed by atoms with Gasteiger partial charge in [-0.3, -0.25) is 0 Å². The fourth-order valence-electron chi connectivity index (χ4n) is 1.93. The summed E-state index contributed by atoms with van der Waals surface area (Å²) in [6.45, 7) is 0.659. The lowest BCUT2D eigenvalue weighted by atomic mass is 10.0. The van der Waals surface area contributed by atoms with Crippen LogP contribution in [-0.2, 0) is 9.53 Å². The van der Waals surface area contributed by atoms with Crippen LogP contribution in [0.1, 0.15) is 38.5 Å². The third-order valence-electron chi connectivity index (χ3n) is 3.09. The van der Waals surface area contributed by atoms with E-state index >= 15 is 0 Å². The Morgan fingerprint density at radius 2 is 2.00 bits per heavy atom. The lowest BCUT2D eigenvalue weighted by molar-refractivity contribution is -0.165. The summed E-state index contributed by atoms with van der Waals surface area (Å²) in [7, 11) is 0. The van der Waals surface area contributed by atoms with Crippen LogP contribution in [0.5, 0.6) is 0 Å². The van der Waals surface area contributed by atoms with E-state index in [-0.39, 0.29) is 0 Å². The first-order chi connectivity index (χ1) is 6.23. The minimum atomic E-state index is -0.817. The Balaban J connectivity index is 1.91. The van der Waals surface area contributed by atoms with Gasteiger partial charge in [0.2, 0.25) is 0 Å². The number of carbonyl (C=O) groups is 1. The van der Waals surface area contributed by atoms with Crippen molar-refractivity contribution in [3.63, 3.8) is 0 Å². The van der Waals surface area contributed by atoms with Crippen molar-refractivity contribution in [1.29, 1.82) is 0 Å². The van der Waals surface area contributed by atoms with Gasteiger partial charge in [0, 0.05) is 0 Å². The summed E-state index contributed by atoms with van der Waals surface area (Å²) in [6.07, 6.45) is 5.84. The van der Waals surface area contributed by atoms with Gasteiger partial charge in [0.05, 0.1) is 6.61 Å². The summed E-state index contributed by atoms with van der Waals surface area (Å²) in [5.41, 5.74) is -0.817. The molecule has 0 heterocycles. The number of carboxylic acid groups (broad SMARTS) is 1. The Morgan fingerprint density at radius 3 is 2.46 bits per heavy atom. The van der Waals surface area contributed by atoms with Gasteiger partial charge in [-0.1, -0.05) is 0 Å². The molecule has 2 saturated carbocycles. The molecule has 3 heteroatoms. The van der Waals surface area contributed by atoms with Gasteiger partial charge in [0.1, 0.15) is 0 Å². The first kappa shape index (κ1) is 9.00. The molecule has 0 radical (unpaired) electrons. The molecule has 74 valence electrons. The van der Waals surface area contributed by atoms with Crippen LogP contribution in [0.4, 0.5) is 0 Å². The van der Waals surface area contributed by atoms with Crippen LogP contribution in [0.15, 0.2) is 0 Å². The van der Waals surface area contributed by atoms with Crippen molar-refractivity contribution in [2.45, 2.75) is 44.1 Å². The second-order valence-electron chi connectivity index (χ2n) is 4.26. The summed E-state index contributed by atoms with van der Waals surface area (Å²) >= 11 is 0. The quantitative estimate of drug-likeness (QED) is 0.724. The number of carboxylic acids is 1. The molecule has 0 unspecified atom stereocenters. The van der Waals surface area contributed by atoms with Gasteiger partial charge in [-0.2, -0.15) is 0 Å². The summed E-state index contributed by atoms with van der Waals surface area (Å²) in [4.78, 5) is 11.0. The maximum Gasteiger partial charge on any atom is 0.335 e. The van der Waals surface area contributed by atoms with E-state index < -0.39 is 11.6 Å². The van der Waals surface area contributed by atoms with Crippen LogP contribution < -0.4 is 0 Å². The van der Waals surface area contributed by atoms with Gasteiger partial charge in [0.25, 0.3) is 0 Å². The van der Waals surface area contributed by atoms with Gasteiger partial charge in [-0.25, -0.2) is 4.79 Å². The smallest absolute Gasteiger partial charge is 0.335 e. The zero-order valence-corrected chi connectivity index (χ0v) is 7.79. The normalized spacial score (nSPS) is 26.2. The largest absolute Gasteiger partial charge is 0.479 e. The molecule has 0 aromatic heterocycles. The minimum Gasteiger partial charge on any atom is -0.479 e. The molecule has 0 atom stereocenters. The van der Waals surface area contributed by atoms with E-state index in [0.29, 0.717) is 25.4 Å². The molecular formula is C10H16O3. The Morgan fingerprint density at radius 1 is 1.38 bits per heavy atom. The van der Waals surface area contributed by atoms with Crippen LogP contribution in [0.25, 0.3) is 0 Å². The van der Waals surface area contributed by atoms with Crippen LogP contribution in [0.2, 0.25) is 0 Å². The minimum absolute atomic E-state index is 0.650. The Labute approximate surface area is 78.1 Å². The molecule has 2 aliphatic carbocycles. The van der Waals surface area contributed by atoms with Gasteiger partial charge in [-0.05, 0) is 44.4 Å². The van der Waals surface area contributed by atoms with Crippen molar-refractivity contribution in [2.24, 2.45) is 5.92 Å². The molecule has 0 aliphatic heterocycles. The van der Waals surface area contributed by atoms with Gasteiger partial charge in [0.15, 0.2) is 5.60 Å². The molecule has 1 N–H and O–H groups in total. The predicted octanol–water partition coefficient (Wildman–Crippen LogP) is 1.81. The molecule has 2 fully saturated rings. The van der Waals surface area contributed by atoms with Crippen LogP contribution >= 0.6 is 0 Å². The molecule has 2 rings (SSSR count). The van der Waals surface area contributed by atoms with Gasteiger partial charge < -0.3 is 9.84 Å². The topological polar surface area (TPSA) is 46.5 Å². The number of aliphatic carboxylic acids is 1. The van der Waals surface area contributed by atoms with Crippen molar-refractivity contribution in [3.8, 4) is 0 Å². The van der Waals surface area contributed by atoms with Crippen molar-refractivity contribution in [2.75, 3.05) is 6.61 Å². The molecule has 2 aliphatic rings. The van der Waals surface area contributed by atoms with Crippen molar-refractivity contribution >= 4 is 5.97 Å². The van der Waals surface area contributed by atoms with Crippen molar-refractivity contribution in [1.82, 2.24) is 0 Å². The molecule has 0 bridgehead atoms. The second-order valence-corrected chi connectivity index (χ2v) is 4.26. The van der Waals surface area contributed by atoms with Gasteiger partial charge in [-0.15, -0.1) is 0 Å². The number of rotatable bonds is 4. The van der Waals surface area contributed by atoms with Crippen LogP contribution in [0.3, 0.4) is 0 Å². The van der Waals surface area contributed by atoms with E-state index in [2.05, 4.69) is 0 Å². The molecule has 0 aromatic carbocycles. The number of hydrogen-bond donors (Lipinski definition) is 1. The zero-order chi connectivity index (χ0) is 9.31. The standard InChI is InChI=1S/C10H16O3/c11-9(12)10(5-1-2-6-10)13-7-8-3-4-8/h8H,1-7H2,(H,11,12). The Hall–Kier alpha value is -0.570. The SMILES string of the molecule is O=C(O)C1(OCC2CC2)CCCC1. The highest BCUT2D eigenvalue weighted by Gasteiger charge is 2.43. The first-order valence-corrected chi connectivity index (χ1v) is 5.10. The zero-order valence-electron chi connectivity index (χ0n) is 7.79. The van der Waals surface area contributed by atoms with E-state index in [1.165, 1.54) is 12.8 Å². The first-order valence-electron chi connectivity index (χ1n) is 5.10. The summed E-state index contributed by atoms with van der Waals surface area (Å²) < 4.78 is 5.58. The Kier molecular flexibility index (Phi) is 2.28. The fourth-order valence-corrected chi connectivity index (χ4v) is 1.93. The molecule has 0 saturated heterocycles. The van der Waals surface area contributed by atoms with Gasteiger partial charge >= 0.3 is 5.97 Å². The van der Waals surface area contributed by atoms with E-state index in [1.54, 1.807) is 0 Å². The average Bonchev–Trinajstić information content (AvgIpc) is 2.80. The second kappa shape index (κ2) is 3.29. The van der Waals surface area contributed by atoms with E-state index in [9.17, 15) is 4.79 Å². The average molecular weight is 184 g/mol. The number of ether oxygens (including phenoxy) is 1. The molecule has 0 spiro atoms. The van der Waals surface area contributed by atoms with Crippen molar-refractivity contribution < 1.29 is 14.6 Å². The molecule has 0 amide bonds. The predicted molar refractivity (Wildman–Crippen MR) is 47.5 cm³/mol. The lowest BCUT2D eigenvalue weighted by Gasteiger charge is -2.24. The highest BCUT2D eigenvalue weighted by atomic mass is 16.5. The summed E-state index contributed by atoms with van der Waals surface area (Å²) in [6, 6.07) is 0. The lowest BCUT2D eigenvalue weighted by Crippen LogP contribution is -2.39. The maximum absolute atomic E-state index is 11.0. The third kappa shape index (κ3) is 1.85. The monoisotopic (exact) mass is 184 g/mol. The van der Waals surface area contributed by atoms with Crippen LogP contribution in [-0.4, -0.2) is 23.3 Å². The molecular weight excluding hydrogens is 168 g/mol. The highest BCUT2D eigenvalue weighted by Crippen LogP contribution is 2.37. The fraction of sp³-hybridized carbons (Fsp3) is 0.900. The summed E-state index contributed by atoms with van der Waals surface area (Å²) in [5.74, 6) is -0.109. The molecule has 13 heavy (non-hydrogen) atoms. The van der Waals surface area contributed by atoms with Crippen LogP contribution in [0, 0.1) is 5.92 Å². The van der Waals surface area contributed by atoms with E-state index in [0.717, 1.165) is 12.8 Å². The maximum atomic E-state index is 11.0. The third-order valence-corrected chi connectivity index (χ3v) is 3.09. The van der Waals surface area contributed by atoms with E-state index in [4.69, 9.17) is 9.84 Å². The summed E-state index contributed by atoms with van der Waals surface area (Å²) in [5, 5.41) is 9.07. The Bertz CT molecular complexity index is 202. The van der Waals surface area contributed by atoms with Crippen molar-refractivity contribution in [3.05, 3.63) is 0 Å². The van der Waals surface area contributed by atoms with E-state index in [1.807, 2.05) is 0 Å². The highest BCUT2D eigenvalue weighted by molar-refractivity contribution is 5.77.